The van der Waals surface area contributed by atoms with E-state index in [0.717, 1.165) is 5.56 Å². The van der Waals surface area contributed by atoms with Crippen molar-refractivity contribution in [3.63, 3.8) is 0 Å². The molecule has 0 atom stereocenters. The van der Waals surface area contributed by atoms with Crippen molar-refractivity contribution in [2.24, 2.45) is 0 Å². The van der Waals surface area contributed by atoms with Crippen LogP contribution in [0.1, 0.15) is 35.4 Å². The van der Waals surface area contributed by atoms with Crippen LogP contribution >= 0.6 is 0 Å². The second-order valence-corrected chi connectivity index (χ2v) is 6.51. The number of aromatic nitrogens is 3. The third-order valence-electron chi connectivity index (χ3n) is 4.34. The van der Waals surface area contributed by atoms with Crippen molar-refractivity contribution >= 4 is 11.7 Å². The van der Waals surface area contributed by atoms with Crippen LogP contribution in [0.2, 0.25) is 0 Å². The Hall–Kier alpha value is -2.95. The molecular weight excluding hydrogens is 312 g/mol. The molecule has 25 heavy (non-hydrogen) atoms. The first-order valence-corrected chi connectivity index (χ1v) is 8.57. The third-order valence-corrected chi connectivity index (χ3v) is 4.34. The Morgan fingerprint density at radius 3 is 2.80 bits per heavy atom. The van der Waals surface area contributed by atoms with Crippen molar-refractivity contribution < 1.29 is 4.79 Å². The van der Waals surface area contributed by atoms with Crippen molar-refractivity contribution in [1.29, 1.82) is 0 Å². The van der Waals surface area contributed by atoms with E-state index in [9.17, 15) is 4.79 Å². The molecule has 0 unspecified atom stereocenters. The van der Waals surface area contributed by atoms with E-state index in [-0.39, 0.29) is 5.91 Å². The second-order valence-electron chi connectivity index (χ2n) is 6.51. The molecule has 3 aromatic rings. The van der Waals surface area contributed by atoms with Crippen molar-refractivity contribution in [3.05, 3.63) is 77.7 Å². The van der Waals surface area contributed by atoms with Crippen LogP contribution < -0.4 is 5.32 Å². The van der Waals surface area contributed by atoms with Gasteiger partial charge in [0.25, 0.3) is 0 Å². The third kappa shape index (κ3) is 4.12. The van der Waals surface area contributed by atoms with Crippen LogP contribution in [-0.4, -0.2) is 20.7 Å². The van der Waals surface area contributed by atoms with Crippen LogP contribution in [0.3, 0.4) is 0 Å². The summed E-state index contributed by atoms with van der Waals surface area (Å²) in [7, 11) is 0. The molecular formula is C20H20N4O. The van der Waals surface area contributed by atoms with Gasteiger partial charge in [0.2, 0.25) is 5.91 Å². The molecule has 1 aliphatic rings. The highest BCUT2D eigenvalue weighted by molar-refractivity contribution is 5.91. The molecule has 1 aliphatic carbocycles. The van der Waals surface area contributed by atoms with E-state index in [2.05, 4.69) is 27.5 Å². The predicted octanol–water partition coefficient (Wildman–Crippen LogP) is 3.39. The number of nitrogens with one attached hydrogen (secondary N) is 1. The van der Waals surface area contributed by atoms with Crippen LogP contribution in [0.15, 0.2) is 61.1 Å². The maximum absolute atomic E-state index is 12.3. The van der Waals surface area contributed by atoms with Gasteiger partial charge in [0.05, 0.1) is 19.2 Å². The highest BCUT2D eigenvalue weighted by Gasteiger charge is 2.23. The normalized spacial score (nSPS) is 13.6. The fourth-order valence-corrected chi connectivity index (χ4v) is 2.91. The second kappa shape index (κ2) is 6.89. The summed E-state index contributed by atoms with van der Waals surface area (Å²) in [4.78, 5) is 16.5. The molecule has 1 N–H and O–H groups in total. The summed E-state index contributed by atoms with van der Waals surface area (Å²) in [6.07, 6.45) is 8.19. The average Bonchev–Trinajstić information content (AvgIpc) is 3.38. The van der Waals surface area contributed by atoms with Gasteiger partial charge in [-0.3, -0.25) is 9.48 Å². The first-order valence-electron chi connectivity index (χ1n) is 8.57. The lowest BCUT2D eigenvalue weighted by molar-refractivity contribution is -0.115. The smallest absolute Gasteiger partial charge is 0.230 e. The molecule has 4 rings (SSSR count). The lowest BCUT2D eigenvalue weighted by Crippen LogP contribution is -2.15. The van der Waals surface area contributed by atoms with Gasteiger partial charge in [0.1, 0.15) is 5.82 Å². The first kappa shape index (κ1) is 15.6. The molecule has 2 heterocycles. The highest BCUT2D eigenvalue weighted by atomic mass is 16.1. The van der Waals surface area contributed by atoms with E-state index in [1.165, 1.54) is 24.0 Å². The Bertz CT molecular complexity index is 868. The minimum atomic E-state index is -0.0697. The van der Waals surface area contributed by atoms with Crippen LogP contribution in [0, 0.1) is 0 Å². The topological polar surface area (TPSA) is 59.8 Å². The summed E-state index contributed by atoms with van der Waals surface area (Å²) in [5.41, 5.74) is 3.34. The van der Waals surface area contributed by atoms with Crippen LogP contribution in [0.4, 0.5) is 5.82 Å². The van der Waals surface area contributed by atoms with E-state index in [1.54, 1.807) is 12.4 Å². The van der Waals surface area contributed by atoms with Crippen LogP contribution in [0.25, 0.3) is 0 Å². The number of carbonyl (C=O) groups is 1. The summed E-state index contributed by atoms with van der Waals surface area (Å²) in [6.45, 7) is 0.702. The number of nitrogens with zero attached hydrogens (tertiary/aromatic N) is 3. The number of rotatable bonds is 6. The van der Waals surface area contributed by atoms with Gasteiger partial charge >= 0.3 is 0 Å². The molecule has 0 bridgehead atoms. The maximum atomic E-state index is 12.3. The van der Waals surface area contributed by atoms with E-state index in [1.807, 2.05) is 41.2 Å². The van der Waals surface area contributed by atoms with Gasteiger partial charge in [0, 0.05) is 12.4 Å². The molecule has 1 saturated carbocycles. The lowest BCUT2D eigenvalue weighted by Gasteiger charge is -2.05. The fraction of sp³-hybridized carbons (Fsp3) is 0.250. The number of hydrogen-bond donors (Lipinski definition) is 1. The summed E-state index contributed by atoms with van der Waals surface area (Å²) in [5.74, 6) is 1.21. The van der Waals surface area contributed by atoms with Gasteiger partial charge in [-0.15, -0.1) is 0 Å². The van der Waals surface area contributed by atoms with Crippen molar-refractivity contribution in [1.82, 2.24) is 14.8 Å². The molecule has 1 aromatic carbocycles. The molecule has 1 fully saturated rings. The van der Waals surface area contributed by atoms with Gasteiger partial charge in [-0.2, -0.15) is 5.10 Å². The minimum absolute atomic E-state index is 0.0697. The largest absolute Gasteiger partial charge is 0.310 e. The minimum Gasteiger partial charge on any atom is -0.310 e. The van der Waals surface area contributed by atoms with E-state index < -0.39 is 0 Å². The van der Waals surface area contributed by atoms with Gasteiger partial charge < -0.3 is 5.32 Å². The molecule has 126 valence electrons. The molecule has 0 aliphatic heterocycles. The first-order chi connectivity index (χ1) is 12.3. The Morgan fingerprint density at radius 2 is 2.00 bits per heavy atom. The Labute approximate surface area is 146 Å². The van der Waals surface area contributed by atoms with Gasteiger partial charge in [-0.1, -0.05) is 30.3 Å². The fourth-order valence-electron chi connectivity index (χ4n) is 2.91. The monoisotopic (exact) mass is 332 g/mol. The van der Waals surface area contributed by atoms with Crippen LogP contribution in [-0.2, 0) is 17.8 Å². The number of amides is 1. The molecule has 5 nitrogen and oxygen atoms in total. The Morgan fingerprint density at radius 1 is 1.16 bits per heavy atom. The molecule has 5 heteroatoms. The van der Waals surface area contributed by atoms with Crippen molar-refractivity contribution in [3.8, 4) is 0 Å². The summed E-state index contributed by atoms with van der Waals surface area (Å²) < 4.78 is 1.85. The summed E-state index contributed by atoms with van der Waals surface area (Å²) >= 11 is 0. The zero-order valence-corrected chi connectivity index (χ0v) is 13.9. The highest BCUT2D eigenvalue weighted by Crippen LogP contribution is 2.40. The molecule has 1 amide bonds. The summed E-state index contributed by atoms with van der Waals surface area (Å²) in [6, 6.07) is 14.1. The SMILES string of the molecule is O=C(Cc1cnn(Cc2ccccc2)c1)Nc1cc(C2CC2)ccn1. The van der Waals surface area contributed by atoms with Crippen molar-refractivity contribution in [2.45, 2.75) is 31.7 Å². The quantitative estimate of drug-likeness (QED) is 0.753. The average molecular weight is 332 g/mol. The predicted molar refractivity (Wildman–Crippen MR) is 96.3 cm³/mol. The zero-order valence-electron chi connectivity index (χ0n) is 13.9. The molecule has 0 spiro atoms. The molecule has 2 aromatic heterocycles. The van der Waals surface area contributed by atoms with E-state index in [0.29, 0.717) is 24.7 Å². The Balaban J connectivity index is 1.35. The van der Waals surface area contributed by atoms with Crippen molar-refractivity contribution in [2.75, 3.05) is 5.32 Å². The van der Waals surface area contributed by atoms with Gasteiger partial charge in [0.15, 0.2) is 0 Å². The maximum Gasteiger partial charge on any atom is 0.230 e. The zero-order chi connectivity index (χ0) is 17.1. The number of carbonyl (C=O) groups excluding carboxylic acids is 1. The van der Waals surface area contributed by atoms with E-state index in [4.69, 9.17) is 0 Å². The summed E-state index contributed by atoms with van der Waals surface area (Å²) in [5, 5.41) is 7.22. The lowest BCUT2D eigenvalue weighted by atomic mass is 10.2. The molecule has 0 saturated heterocycles. The van der Waals surface area contributed by atoms with Gasteiger partial charge in [-0.05, 0) is 47.6 Å². The standard InChI is InChI=1S/C20H20N4O/c25-20(23-19-11-18(8-9-21-19)17-6-7-17)10-16-12-22-24(14-16)13-15-4-2-1-3-5-15/h1-5,8-9,11-12,14,17H,6-7,10,13H2,(H,21,23,25). The number of benzene rings is 1. The van der Waals surface area contributed by atoms with Crippen LogP contribution in [0.5, 0.6) is 0 Å². The Kier molecular flexibility index (Phi) is 4.29. The molecule has 0 radical (unpaired) electrons. The van der Waals surface area contributed by atoms with Gasteiger partial charge in [-0.25, -0.2) is 4.98 Å². The number of pyridine rings is 1. The number of anilines is 1. The van der Waals surface area contributed by atoms with E-state index >= 15 is 0 Å². The number of hydrogen-bond acceptors (Lipinski definition) is 3.